The lowest BCUT2D eigenvalue weighted by Crippen LogP contribution is -2.37. The van der Waals surface area contributed by atoms with Crippen LogP contribution in [0.4, 0.5) is 0 Å². The minimum Gasteiger partial charge on any atom is -0.337 e. The number of aromatic nitrogens is 2. The van der Waals surface area contributed by atoms with E-state index in [1.807, 2.05) is 12.5 Å². The van der Waals surface area contributed by atoms with E-state index < -0.39 is 0 Å². The molecule has 1 fully saturated rings. The Morgan fingerprint density at radius 2 is 2.47 bits per heavy atom. The van der Waals surface area contributed by atoms with E-state index in [-0.39, 0.29) is 0 Å². The smallest absolute Gasteiger partial charge is 0.0945 e. The highest BCUT2D eigenvalue weighted by Gasteiger charge is 2.18. The molecule has 1 aliphatic heterocycles. The number of hydrogen-bond donors (Lipinski definition) is 1. The van der Waals surface area contributed by atoms with Gasteiger partial charge in [0.25, 0.3) is 0 Å². The van der Waals surface area contributed by atoms with Gasteiger partial charge in [0.1, 0.15) is 0 Å². The van der Waals surface area contributed by atoms with Crippen LogP contribution in [0.15, 0.2) is 12.5 Å². The van der Waals surface area contributed by atoms with Gasteiger partial charge < -0.3 is 9.88 Å². The van der Waals surface area contributed by atoms with Crippen LogP contribution in [0.2, 0.25) is 0 Å². The van der Waals surface area contributed by atoms with E-state index in [0.717, 1.165) is 6.54 Å². The molecule has 1 N–H and O–H groups in total. The Hall–Kier alpha value is -0.870. The normalized spacial score (nSPS) is 20.3. The Bertz CT molecular complexity index is 328. The van der Waals surface area contributed by atoms with E-state index in [4.69, 9.17) is 0 Å². The molecule has 1 aromatic heterocycles. The number of aryl methyl sites for hydroxylation is 1. The summed E-state index contributed by atoms with van der Waals surface area (Å²) in [6, 6.07) is 0.690. The molecule has 4 heteroatoms. The van der Waals surface area contributed by atoms with Gasteiger partial charge >= 0.3 is 0 Å². The first-order valence-corrected chi connectivity index (χ1v) is 6.70. The molecule has 17 heavy (non-hydrogen) atoms. The van der Waals surface area contributed by atoms with E-state index in [2.05, 4.69) is 33.7 Å². The first-order valence-electron chi connectivity index (χ1n) is 6.70. The number of imidazole rings is 1. The maximum atomic E-state index is 4.19. The predicted molar refractivity (Wildman–Crippen MR) is 69.8 cm³/mol. The topological polar surface area (TPSA) is 33.1 Å². The summed E-state index contributed by atoms with van der Waals surface area (Å²) in [5, 5.41) is 3.58. The number of hydrogen-bond acceptors (Lipinski definition) is 3. The molecular formula is C13H24N4. The first kappa shape index (κ1) is 12.6. The van der Waals surface area contributed by atoms with Crippen molar-refractivity contribution < 1.29 is 0 Å². The van der Waals surface area contributed by atoms with Crippen molar-refractivity contribution in [3.8, 4) is 0 Å². The van der Waals surface area contributed by atoms with Crippen LogP contribution in [-0.2, 0) is 13.6 Å². The van der Waals surface area contributed by atoms with Crippen molar-refractivity contribution in [1.82, 2.24) is 19.8 Å². The number of nitrogens with one attached hydrogen (secondary N) is 1. The van der Waals surface area contributed by atoms with Gasteiger partial charge in [-0.2, -0.15) is 0 Å². The highest BCUT2D eigenvalue weighted by atomic mass is 15.2. The zero-order chi connectivity index (χ0) is 12.1. The molecule has 1 unspecified atom stereocenters. The van der Waals surface area contributed by atoms with Crippen LogP contribution in [0.1, 0.15) is 31.9 Å². The van der Waals surface area contributed by atoms with Crippen molar-refractivity contribution >= 4 is 0 Å². The summed E-state index contributed by atoms with van der Waals surface area (Å²) in [4.78, 5) is 6.73. The minimum atomic E-state index is 0.690. The second-order valence-electron chi connectivity index (χ2n) is 5.02. The third kappa shape index (κ3) is 3.54. The number of nitrogens with zero attached hydrogens (tertiary/aromatic N) is 3. The van der Waals surface area contributed by atoms with Gasteiger partial charge in [0.05, 0.1) is 12.0 Å². The van der Waals surface area contributed by atoms with Gasteiger partial charge in [0, 0.05) is 32.4 Å². The fourth-order valence-corrected chi connectivity index (χ4v) is 2.54. The summed E-state index contributed by atoms with van der Waals surface area (Å²) in [5.74, 6) is 0. The lowest BCUT2D eigenvalue weighted by molar-refractivity contribution is 0.237. The quantitative estimate of drug-likeness (QED) is 0.810. The van der Waals surface area contributed by atoms with Crippen molar-refractivity contribution in [2.24, 2.45) is 7.05 Å². The third-order valence-corrected chi connectivity index (χ3v) is 3.48. The summed E-state index contributed by atoms with van der Waals surface area (Å²) < 4.78 is 2.12. The van der Waals surface area contributed by atoms with Gasteiger partial charge in [-0.05, 0) is 32.4 Å². The van der Waals surface area contributed by atoms with Crippen LogP contribution in [0.3, 0.4) is 0 Å². The van der Waals surface area contributed by atoms with Crippen molar-refractivity contribution in [3.63, 3.8) is 0 Å². The van der Waals surface area contributed by atoms with Crippen LogP contribution >= 0.6 is 0 Å². The van der Waals surface area contributed by atoms with E-state index in [0.29, 0.717) is 6.04 Å². The molecule has 4 nitrogen and oxygen atoms in total. The lowest BCUT2D eigenvalue weighted by Gasteiger charge is -2.25. The predicted octanol–water partition coefficient (Wildman–Crippen LogP) is 1.38. The summed E-state index contributed by atoms with van der Waals surface area (Å²) in [7, 11) is 2.07. The SMILES string of the molecule is CCCN(Cc1cncn1C)CC1CCCN1. The van der Waals surface area contributed by atoms with Crippen LogP contribution in [-0.4, -0.2) is 40.1 Å². The van der Waals surface area contributed by atoms with Gasteiger partial charge in [0.2, 0.25) is 0 Å². The molecule has 0 bridgehead atoms. The Morgan fingerprint density at radius 3 is 3.06 bits per heavy atom. The second kappa shape index (κ2) is 6.17. The van der Waals surface area contributed by atoms with Gasteiger partial charge in [-0.25, -0.2) is 4.98 Å². The molecule has 0 radical (unpaired) electrons. The molecule has 0 aliphatic carbocycles. The molecule has 1 aromatic rings. The van der Waals surface area contributed by atoms with Crippen molar-refractivity contribution in [2.75, 3.05) is 19.6 Å². The molecule has 96 valence electrons. The Balaban J connectivity index is 1.89. The van der Waals surface area contributed by atoms with Crippen molar-refractivity contribution in [3.05, 3.63) is 18.2 Å². The standard InChI is InChI=1S/C13H24N4/c1-3-7-17(9-12-5-4-6-15-12)10-13-8-14-11-16(13)2/h8,11-12,15H,3-7,9-10H2,1-2H3. The van der Waals surface area contributed by atoms with Gasteiger partial charge in [-0.3, -0.25) is 4.90 Å². The fourth-order valence-electron chi connectivity index (χ4n) is 2.54. The summed E-state index contributed by atoms with van der Waals surface area (Å²) in [6.45, 7) is 6.79. The van der Waals surface area contributed by atoms with Crippen LogP contribution in [0.5, 0.6) is 0 Å². The summed E-state index contributed by atoms with van der Waals surface area (Å²) in [5.41, 5.74) is 1.30. The molecule has 2 heterocycles. The van der Waals surface area contributed by atoms with Crippen molar-refractivity contribution in [1.29, 1.82) is 0 Å². The zero-order valence-electron chi connectivity index (χ0n) is 11.0. The van der Waals surface area contributed by atoms with Crippen LogP contribution in [0, 0.1) is 0 Å². The molecule has 0 aromatic carbocycles. The molecule has 1 aliphatic rings. The van der Waals surface area contributed by atoms with E-state index in [1.165, 1.54) is 44.6 Å². The van der Waals surface area contributed by atoms with E-state index in [1.54, 1.807) is 0 Å². The lowest BCUT2D eigenvalue weighted by atomic mass is 10.2. The molecule has 2 rings (SSSR count). The minimum absolute atomic E-state index is 0.690. The Kier molecular flexibility index (Phi) is 4.57. The average Bonchev–Trinajstić information content (AvgIpc) is 2.92. The van der Waals surface area contributed by atoms with Crippen LogP contribution < -0.4 is 5.32 Å². The van der Waals surface area contributed by atoms with E-state index >= 15 is 0 Å². The maximum absolute atomic E-state index is 4.19. The van der Waals surface area contributed by atoms with Gasteiger partial charge in [-0.15, -0.1) is 0 Å². The zero-order valence-corrected chi connectivity index (χ0v) is 11.0. The Labute approximate surface area is 104 Å². The summed E-state index contributed by atoms with van der Waals surface area (Å²) in [6.07, 6.45) is 7.73. The average molecular weight is 236 g/mol. The monoisotopic (exact) mass is 236 g/mol. The second-order valence-corrected chi connectivity index (χ2v) is 5.02. The number of rotatable bonds is 6. The molecule has 1 saturated heterocycles. The first-order chi connectivity index (χ1) is 8.29. The molecule has 0 amide bonds. The van der Waals surface area contributed by atoms with Crippen LogP contribution in [0.25, 0.3) is 0 Å². The maximum Gasteiger partial charge on any atom is 0.0945 e. The Morgan fingerprint density at radius 1 is 1.59 bits per heavy atom. The largest absolute Gasteiger partial charge is 0.337 e. The highest BCUT2D eigenvalue weighted by molar-refractivity contribution is 4.97. The highest BCUT2D eigenvalue weighted by Crippen LogP contribution is 2.10. The van der Waals surface area contributed by atoms with Crippen molar-refractivity contribution in [2.45, 2.75) is 38.8 Å². The van der Waals surface area contributed by atoms with Gasteiger partial charge in [-0.1, -0.05) is 6.92 Å². The molecule has 0 saturated carbocycles. The molecule has 1 atom stereocenters. The molecule has 0 spiro atoms. The van der Waals surface area contributed by atoms with Gasteiger partial charge in [0.15, 0.2) is 0 Å². The third-order valence-electron chi connectivity index (χ3n) is 3.48. The van der Waals surface area contributed by atoms with E-state index in [9.17, 15) is 0 Å². The molecular weight excluding hydrogens is 212 g/mol. The summed E-state index contributed by atoms with van der Waals surface area (Å²) >= 11 is 0. The fraction of sp³-hybridized carbons (Fsp3) is 0.769.